The molecule has 0 atom stereocenters. The molecule has 0 aromatic heterocycles. The molecule has 0 saturated carbocycles. The Morgan fingerprint density at radius 3 is 2.55 bits per heavy atom. The van der Waals surface area contributed by atoms with Gasteiger partial charge in [0.2, 0.25) is 0 Å². The van der Waals surface area contributed by atoms with Gasteiger partial charge in [-0.1, -0.05) is 42.5 Å². The number of amidine groups is 1. The third-order valence-electron chi connectivity index (χ3n) is 6.34. The summed E-state index contributed by atoms with van der Waals surface area (Å²) in [6, 6.07) is 24.4. The van der Waals surface area contributed by atoms with Crippen LogP contribution in [0.5, 0.6) is 11.5 Å². The smallest absolute Gasteiger partial charge is 0.335 e. The SMILES string of the molecule is CCN1C(=O)/C(=C/c2cc(I)c(OCc3cccc4ccccc34)c(OC)c2)SC1=Nc1ccc(C(=O)O)cc1. The number of carboxylic acid groups (broad SMARTS) is 1. The van der Waals surface area contributed by atoms with E-state index < -0.39 is 5.97 Å². The minimum atomic E-state index is -1.000. The molecule has 7 nitrogen and oxygen atoms in total. The first kappa shape index (κ1) is 27.7. The van der Waals surface area contributed by atoms with Crippen LogP contribution in [0, 0.1) is 3.57 Å². The quantitative estimate of drug-likeness (QED) is 0.157. The lowest BCUT2D eigenvalue weighted by atomic mass is 10.1. The van der Waals surface area contributed by atoms with Crippen LogP contribution in [0.15, 0.2) is 88.8 Å². The zero-order valence-corrected chi connectivity index (χ0v) is 24.7. The first-order valence-electron chi connectivity index (χ1n) is 12.5. The molecule has 4 aromatic carbocycles. The molecule has 9 heteroatoms. The average Bonchev–Trinajstić information content (AvgIpc) is 3.25. The highest BCUT2D eigenvalue weighted by molar-refractivity contribution is 14.1. The van der Waals surface area contributed by atoms with Crippen LogP contribution in [0.4, 0.5) is 5.69 Å². The summed E-state index contributed by atoms with van der Waals surface area (Å²) in [5, 5.41) is 12.0. The van der Waals surface area contributed by atoms with Gasteiger partial charge in [0.05, 0.1) is 26.8 Å². The minimum absolute atomic E-state index is 0.140. The van der Waals surface area contributed by atoms with Crippen LogP contribution < -0.4 is 9.47 Å². The van der Waals surface area contributed by atoms with Crippen molar-refractivity contribution in [3.05, 3.63) is 104 Å². The van der Waals surface area contributed by atoms with Crippen LogP contribution >= 0.6 is 34.4 Å². The summed E-state index contributed by atoms with van der Waals surface area (Å²) < 4.78 is 12.8. The number of thioether (sulfide) groups is 1. The number of ether oxygens (including phenoxy) is 2. The molecule has 4 aromatic rings. The number of methoxy groups -OCH3 is 1. The molecule has 1 N–H and O–H groups in total. The molecule has 0 spiro atoms. The molecule has 202 valence electrons. The van der Waals surface area contributed by atoms with Crippen LogP contribution in [-0.2, 0) is 11.4 Å². The number of carbonyl (C=O) groups excluding carboxylic acids is 1. The summed E-state index contributed by atoms with van der Waals surface area (Å²) in [7, 11) is 1.60. The molecular formula is C31H25IN2O5S. The Hall–Kier alpha value is -3.83. The molecule has 1 aliphatic heterocycles. The minimum Gasteiger partial charge on any atom is -0.493 e. The lowest BCUT2D eigenvalue weighted by Gasteiger charge is -2.15. The number of hydrogen-bond acceptors (Lipinski definition) is 6. The monoisotopic (exact) mass is 664 g/mol. The highest BCUT2D eigenvalue weighted by Crippen LogP contribution is 2.38. The lowest BCUT2D eigenvalue weighted by molar-refractivity contribution is -0.122. The van der Waals surface area contributed by atoms with Crippen molar-refractivity contribution < 1.29 is 24.2 Å². The number of rotatable bonds is 8. The van der Waals surface area contributed by atoms with Crippen LogP contribution in [0.1, 0.15) is 28.4 Å². The molecule has 1 amide bonds. The van der Waals surface area contributed by atoms with Gasteiger partial charge in [0, 0.05) is 6.54 Å². The number of carboxylic acids is 1. The van der Waals surface area contributed by atoms with E-state index in [9.17, 15) is 9.59 Å². The van der Waals surface area contributed by atoms with E-state index in [4.69, 9.17) is 14.6 Å². The van der Waals surface area contributed by atoms with Gasteiger partial charge in [-0.15, -0.1) is 0 Å². The number of aliphatic imine (C=N–C) groups is 1. The van der Waals surface area contributed by atoms with E-state index >= 15 is 0 Å². The Balaban J connectivity index is 1.39. The van der Waals surface area contributed by atoms with Gasteiger partial charge in [-0.2, -0.15) is 0 Å². The maximum atomic E-state index is 13.2. The van der Waals surface area contributed by atoms with Crippen molar-refractivity contribution in [3.8, 4) is 11.5 Å². The van der Waals surface area contributed by atoms with Gasteiger partial charge < -0.3 is 14.6 Å². The molecule has 0 aliphatic carbocycles. The zero-order valence-electron chi connectivity index (χ0n) is 21.8. The average molecular weight is 665 g/mol. The van der Waals surface area contributed by atoms with Gasteiger partial charge in [-0.05, 0) is 106 Å². The maximum Gasteiger partial charge on any atom is 0.335 e. The van der Waals surface area contributed by atoms with Crippen LogP contribution in [-0.4, -0.2) is 40.7 Å². The van der Waals surface area contributed by atoms with Gasteiger partial charge in [-0.3, -0.25) is 9.69 Å². The van der Waals surface area contributed by atoms with Crippen molar-refractivity contribution in [1.29, 1.82) is 0 Å². The number of hydrogen-bond donors (Lipinski definition) is 1. The Kier molecular flexibility index (Phi) is 8.41. The Labute approximate surface area is 249 Å². The molecule has 40 heavy (non-hydrogen) atoms. The summed E-state index contributed by atoms with van der Waals surface area (Å²) in [6.07, 6.45) is 1.82. The topological polar surface area (TPSA) is 88.4 Å². The summed E-state index contributed by atoms with van der Waals surface area (Å²) >= 11 is 3.50. The second-order valence-corrected chi connectivity index (χ2v) is 11.0. The van der Waals surface area contributed by atoms with Crippen molar-refractivity contribution in [2.45, 2.75) is 13.5 Å². The molecule has 1 fully saturated rings. The molecule has 0 radical (unpaired) electrons. The number of fused-ring (bicyclic) bond motifs is 1. The molecule has 5 rings (SSSR count). The summed E-state index contributed by atoms with van der Waals surface area (Å²) in [6.45, 7) is 2.73. The fourth-order valence-corrected chi connectivity index (χ4v) is 6.19. The van der Waals surface area contributed by atoms with Gasteiger partial charge in [0.15, 0.2) is 16.7 Å². The number of halogens is 1. The first-order valence-corrected chi connectivity index (χ1v) is 14.4. The molecule has 0 unspecified atom stereocenters. The molecule has 1 heterocycles. The fraction of sp³-hybridized carbons (Fsp3) is 0.129. The van der Waals surface area contributed by atoms with Crippen molar-refractivity contribution in [2.24, 2.45) is 4.99 Å². The first-order chi connectivity index (χ1) is 19.4. The fourth-order valence-electron chi connectivity index (χ4n) is 4.34. The number of carbonyl (C=O) groups is 2. The Morgan fingerprint density at radius 1 is 1.07 bits per heavy atom. The van der Waals surface area contributed by atoms with E-state index in [1.807, 2.05) is 43.3 Å². The summed E-state index contributed by atoms with van der Waals surface area (Å²) in [5.74, 6) is 0.0822. The van der Waals surface area contributed by atoms with Crippen molar-refractivity contribution in [1.82, 2.24) is 4.90 Å². The molecule has 0 bridgehead atoms. The summed E-state index contributed by atoms with van der Waals surface area (Å²) in [4.78, 5) is 31.0. The number of amides is 1. The predicted octanol–water partition coefficient (Wildman–Crippen LogP) is 7.35. The third kappa shape index (κ3) is 5.85. The van der Waals surface area contributed by atoms with E-state index in [2.05, 4.69) is 51.8 Å². The molecule has 1 aliphatic rings. The van der Waals surface area contributed by atoms with Gasteiger partial charge in [0.1, 0.15) is 6.61 Å². The van der Waals surface area contributed by atoms with E-state index in [-0.39, 0.29) is 11.5 Å². The van der Waals surface area contributed by atoms with Crippen molar-refractivity contribution >= 4 is 73.9 Å². The number of likely N-dealkylation sites (N-methyl/N-ethyl adjacent to an activating group) is 1. The second-order valence-electron chi connectivity index (χ2n) is 8.87. The highest BCUT2D eigenvalue weighted by atomic mass is 127. The van der Waals surface area contributed by atoms with E-state index in [1.54, 1.807) is 24.1 Å². The predicted molar refractivity (Wildman–Crippen MR) is 167 cm³/mol. The maximum absolute atomic E-state index is 13.2. The largest absolute Gasteiger partial charge is 0.493 e. The van der Waals surface area contributed by atoms with Crippen LogP contribution in [0.25, 0.3) is 16.8 Å². The number of benzene rings is 4. The van der Waals surface area contributed by atoms with E-state index in [0.29, 0.717) is 40.4 Å². The standard InChI is InChI=1S/C31H25IN2O5S/c1-3-34-29(35)27(40-31(34)33-23-13-11-21(12-14-23)30(36)37)17-19-15-25(32)28(26(16-19)38-2)39-18-22-9-6-8-20-7-4-5-10-24(20)22/h4-17H,3,18H2,1-2H3,(H,36,37)/b27-17-,33-31?. The normalized spacial score (nSPS) is 15.3. The van der Waals surface area contributed by atoms with Gasteiger partial charge in [-0.25, -0.2) is 9.79 Å². The summed E-state index contributed by atoms with van der Waals surface area (Å²) in [5.41, 5.74) is 2.64. The lowest BCUT2D eigenvalue weighted by Crippen LogP contribution is -2.28. The van der Waals surface area contributed by atoms with Crippen molar-refractivity contribution in [3.63, 3.8) is 0 Å². The van der Waals surface area contributed by atoms with Gasteiger partial charge >= 0.3 is 5.97 Å². The number of nitrogens with zero attached hydrogens (tertiary/aromatic N) is 2. The third-order valence-corrected chi connectivity index (χ3v) is 8.15. The number of aromatic carboxylic acids is 1. The Morgan fingerprint density at radius 2 is 1.82 bits per heavy atom. The van der Waals surface area contributed by atoms with Crippen molar-refractivity contribution in [2.75, 3.05) is 13.7 Å². The van der Waals surface area contributed by atoms with E-state index in [0.717, 1.165) is 25.5 Å². The second kappa shape index (κ2) is 12.1. The van der Waals surface area contributed by atoms with Crippen LogP contribution in [0.2, 0.25) is 0 Å². The van der Waals surface area contributed by atoms with Gasteiger partial charge in [0.25, 0.3) is 5.91 Å². The highest BCUT2D eigenvalue weighted by Gasteiger charge is 2.32. The molecule has 1 saturated heterocycles. The zero-order chi connectivity index (χ0) is 28.2. The Bertz CT molecular complexity index is 1660. The van der Waals surface area contributed by atoms with Crippen LogP contribution in [0.3, 0.4) is 0 Å². The van der Waals surface area contributed by atoms with E-state index in [1.165, 1.54) is 23.9 Å². The molecular weight excluding hydrogens is 639 g/mol.